The van der Waals surface area contributed by atoms with Gasteiger partial charge in [-0.15, -0.1) is 0 Å². The highest BCUT2D eigenvalue weighted by Crippen LogP contribution is 2.17. The van der Waals surface area contributed by atoms with E-state index in [1.807, 2.05) is 50.2 Å². The molecule has 0 unspecified atom stereocenters. The fourth-order valence-electron chi connectivity index (χ4n) is 2.16. The molecular weight excluding hydrogens is 250 g/mol. The summed E-state index contributed by atoms with van der Waals surface area (Å²) in [5.74, 6) is 0.377. The lowest BCUT2D eigenvalue weighted by molar-refractivity contribution is 0.102. The number of nitrogens with zero attached hydrogens (tertiary/aromatic N) is 1. The van der Waals surface area contributed by atoms with Crippen LogP contribution in [-0.2, 0) is 0 Å². The standard InChI is InChI=1S/C16H15N3O/c1-10-6-7-12-9-14(18-13(12)8-10)16(20)19-15-5-3-4-11(2)17-15/h3-9,18H,1-2H3,(H,17,19,20). The van der Waals surface area contributed by atoms with Crippen molar-refractivity contribution in [3.05, 3.63) is 59.4 Å². The molecule has 0 aliphatic heterocycles. The van der Waals surface area contributed by atoms with Crippen molar-refractivity contribution in [2.75, 3.05) is 5.32 Å². The summed E-state index contributed by atoms with van der Waals surface area (Å²) in [6, 6.07) is 13.4. The zero-order valence-electron chi connectivity index (χ0n) is 11.4. The first-order valence-electron chi connectivity index (χ1n) is 6.46. The number of aromatic amines is 1. The minimum atomic E-state index is -0.183. The molecule has 1 aromatic carbocycles. The molecule has 1 amide bonds. The fourth-order valence-corrected chi connectivity index (χ4v) is 2.16. The van der Waals surface area contributed by atoms with Crippen molar-refractivity contribution >= 4 is 22.6 Å². The van der Waals surface area contributed by atoms with Gasteiger partial charge in [0.15, 0.2) is 0 Å². The summed E-state index contributed by atoms with van der Waals surface area (Å²) in [6.45, 7) is 3.91. The Labute approximate surface area is 116 Å². The van der Waals surface area contributed by atoms with E-state index in [4.69, 9.17) is 0 Å². The van der Waals surface area contributed by atoms with Crippen LogP contribution in [0.5, 0.6) is 0 Å². The second-order valence-corrected chi connectivity index (χ2v) is 4.89. The number of rotatable bonds is 2. The Morgan fingerprint density at radius 1 is 1.15 bits per heavy atom. The summed E-state index contributed by atoms with van der Waals surface area (Å²) < 4.78 is 0. The van der Waals surface area contributed by atoms with E-state index < -0.39 is 0 Å². The quantitative estimate of drug-likeness (QED) is 0.745. The van der Waals surface area contributed by atoms with Crippen LogP contribution in [-0.4, -0.2) is 15.9 Å². The third-order valence-electron chi connectivity index (χ3n) is 3.15. The van der Waals surface area contributed by atoms with Gasteiger partial charge in [-0.1, -0.05) is 18.2 Å². The summed E-state index contributed by atoms with van der Waals surface area (Å²) in [5.41, 5.74) is 3.53. The van der Waals surface area contributed by atoms with Crippen molar-refractivity contribution < 1.29 is 4.79 Å². The van der Waals surface area contributed by atoms with Crippen LogP contribution in [0.3, 0.4) is 0 Å². The number of anilines is 1. The van der Waals surface area contributed by atoms with Gasteiger partial charge in [-0.2, -0.15) is 0 Å². The van der Waals surface area contributed by atoms with Gasteiger partial charge in [-0.05, 0) is 43.7 Å². The number of benzene rings is 1. The number of aromatic nitrogens is 2. The molecule has 0 saturated heterocycles. The Balaban J connectivity index is 1.88. The van der Waals surface area contributed by atoms with Gasteiger partial charge in [-0.3, -0.25) is 4.79 Å². The predicted molar refractivity (Wildman–Crippen MR) is 80.0 cm³/mol. The minimum Gasteiger partial charge on any atom is -0.351 e. The minimum absolute atomic E-state index is 0.183. The summed E-state index contributed by atoms with van der Waals surface area (Å²) in [6.07, 6.45) is 0. The molecule has 2 heterocycles. The number of pyridine rings is 1. The maximum atomic E-state index is 12.2. The van der Waals surface area contributed by atoms with Gasteiger partial charge in [0.05, 0.1) is 0 Å². The normalized spacial score (nSPS) is 10.7. The van der Waals surface area contributed by atoms with Gasteiger partial charge >= 0.3 is 0 Å². The summed E-state index contributed by atoms with van der Waals surface area (Å²) in [7, 11) is 0. The fraction of sp³-hybridized carbons (Fsp3) is 0.125. The highest BCUT2D eigenvalue weighted by molar-refractivity contribution is 6.05. The number of fused-ring (bicyclic) bond motifs is 1. The molecule has 0 fully saturated rings. The molecule has 0 aliphatic rings. The third kappa shape index (κ3) is 2.40. The van der Waals surface area contributed by atoms with E-state index in [1.54, 1.807) is 6.07 Å². The van der Waals surface area contributed by atoms with Crippen LogP contribution in [0.4, 0.5) is 5.82 Å². The zero-order valence-corrected chi connectivity index (χ0v) is 11.4. The number of H-pyrrole nitrogens is 1. The molecule has 4 nitrogen and oxygen atoms in total. The SMILES string of the molecule is Cc1ccc2cc(C(=O)Nc3cccc(C)n3)[nH]c2c1. The van der Waals surface area contributed by atoms with Crippen LogP contribution >= 0.6 is 0 Å². The Morgan fingerprint density at radius 2 is 2.00 bits per heavy atom. The molecule has 3 aromatic rings. The average molecular weight is 265 g/mol. The number of hydrogen-bond acceptors (Lipinski definition) is 2. The number of carbonyl (C=O) groups is 1. The molecular formula is C16H15N3O. The average Bonchev–Trinajstić information content (AvgIpc) is 2.81. The third-order valence-corrected chi connectivity index (χ3v) is 3.15. The Hall–Kier alpha value is -2.62. The number of amides is 1. The second-order valence-electron chi connectivity index (χ2n) is 4.89. The van der Waals surface area contributed by atoms with E-state index in [9.17, 15) is 4.79 Å². The van der Waals surface area contributed by atoms with Crippen molar-refractivity contribution in [2.45, 2.75) is 13.8 Å². The molecule has 0 radical (unpaired) electrons. The van der Waals surface area contributed by atoms with Crippen LogP contribution in [0.15, 0.2) is 42.5 Å². The number of carbonyl (C=O) groups excluding carboxylic acids is 1. The maximum absolute atomic E-state index is 12.2. The van der Waals surface area contributed by atoms with Crippen LogP contribution in [0.25, 0.3) is 10.9 Å². The molecule has 2 N–H and O–H groups in total. The number of aryl methyl sites for hydroxylation is 2. The van der Waals surface area contributed by atoms with Crippen LogP contribution in [0.1, 0.15) is 21.7 Å². The first-order valence-corrected chi connectivity index (χ1v) is 6.46. The van der Waals surface area contributed by atoms with Gasteiger partial charge < -0.3 is 10.3 Å². The van der Waals surface area contributed by atoms with E-state index in [1.165, 1.54) is 0 Å². The van der Waals surface area contributed by atoms with Crippen molar-refractivity contribution in [3.63, 3.8) is 0 Å². The van der Waals surface area contributed by atoms with E-state index in [0.717, 1.165) is 22.2 Å². The van der Waals surface area contributed by atoms with Crippen molar-refractivity contribution in [1.29, 1.82) is 0 Å². The van der Waals surface area contributed by atoms with Crippen molar-refractivity contribution in [3.8, 4) is 0 Å². The lowest BCUT2D eigenvalue weighted by atomic mass is 10.2. The monoisotopic (exact) mass is 265 g/mol. The van der Waals surface area contributed by atoms with E-state index in [0.29, 0.717) is 11.5 Å². The Morgan fingerprint density at radius 3 is 2.80 bits per heavy atom. The molecule has 100 valence electrons. The summed E-state index contributed by atoms with van der Waals surface area (Å²) in [4.78, 5) is 19.6. The van der Waals surface area contributed by atoms with Crippen LogP contribution in [0.2, 0.25) is 0 Å². The molecule has 4 heteroatoms. The van der Waals surface area contributed by atoms with Crippen LogP contribution < -0.4 is 5.32 Å². The smallest absolute Gasteiger partial charge is 0.273 e. The molecule has 0 spiro atoms. The highest BCUT2D eigenvalue weighted by atomic mass is 16.1. The Kier molecular flexibility index (Phi) is 2.99. The van der Waals surface area contributed by atoms with Gasteiger partial charge in [0, 0.05) is 16.6 Å². The molecule has 0 bridgehead atoms. The van der Waals surface area contributed by atoms with Gasteiger partial charge in [-0.25, -0.2) is 4.98 Å². The summed E-state index contributed by atoms with van der Waals surface area (Å²) in [5, 5.41) is 3.82. The largest absolute Gasteiger partial charge is 0.351 e. The van der Waals surface area contributed by atoms with E-state index in [-0.39, 0.29) is 5.91 Å². The summed E-state index contributed by atoms with van der Waals surface area (Å²) >= 11 is 0. The van der Waals surface area contributed by atoms with Crippen LogP contribution in [0, 0.1) is 13.8 Å². The van der Waals surface area contributed by atoms with Gasteiger partial charge in [0.1, 0.15) is 11.5 Å². The van der Waals surface area contributed by atoms with Crippen molar-refractivity contribution in [2.24, 2.45) is 0 Å². The number of nitrogens with one attached hydrogen (secondary N) is 2. The van der Waals surface area contributed by atoms with Crippen molar-refractivity contribution in [1.82, 2.24) is 9.97 Å². The molecule has 20 heavy (non-hydrogen) atoms. The highest BCUT2D eigenvalue weighted by Gasteiger charge is 2.10. The lowest BCUT2D eigenvalue weighted by Gasteiger charge is -2.03. The zero-order chi connectivity index (χ0) is 14.1. The molecule has 0 atom stereocenters. The molecule has 3 rings (SSSR count). The predicted octanol–water partition coefficient (Wildman–Crippen LogP) is 3.43. The number of hydrogen-bond donors (Lipinski definition) is 2. The van der Waals surface area contributed by atoms with Gasteiger partial charge in [0.25, 0.3) is 5.91 Å². The molecule has 2 aromatic heterocycles. The Bertz CT molecular complexity index is 789. The maximum Gasteiger partial charge on any atom is 0.273 e. The first kappa shape index (κ1) is 12.4. The van der Waals surface area contributed by atoms with Gasteiger partial charge in [0.2, 0.25) is 0 Å². The topological polar surface area (TPSA) is 57.8 Å². The lowest BCUT2D eigenvalue weighted by Crippen LogP contribution is -2.13. The molecule has 0 aliphatic carbocycles. The van der Waals surface area contributed by atoms with E-state index >= 15 is 0 Å². The first-order chi connectivity index (χ1) is 9.61. The van der Waals surface area contributed by atoms with E-state index in [2.05, 4.69) is 15.3 Å². The molecule has 0 saturated carbocycles. The second kappa shape index (κ2) is 4.81.